The van der Waals surface area contributed by atoms with Crippen LogP contribution in [0.4, 0.5) is 11.4 Å². The fraction of sp³-hybridized carbons (Fsp3) is 0.433. The number of oxazole rings is 1. The van der Waals surface area contributed by atoms with Gasteiger partial charge in [-0.1, -0.05) is 6.07 Å². The Morgan fingerprint density at radius 1 is 1.25 bits per heavy atom. The number of benzene rings is 2. The van der Waals surface area contributed by atoms with E-state index in [0.29, 0.717) is 54.7 Å². The monoisotopic (exact) mass is 542 g/mol. The first-order valence-corrected chi connectivity index (χ1v) is 13.8. The number of nitrogens with zero attached hydrogens (tertiary/aromatic N) is 4. The average molecular weight is 543 g/mol. The highest BCUT2D eigenvalue weighted by atomic mass is 16.5. The number of ether oxygens (including phenoxy) is 1. The highest BCUT2D eigenvalue weighted by Gasteiger charge is 2.38. The molecule has 0 aliphatic carbocycles. The molecule has 4 N–H and O–H groups in total. The van der Waals surface area contributed by atoms with E-state index in [4.69, 9.17) is 19.9 Å². The van der Waals surface area contributed by atoms with E-state index in [1.807, 2.05) is 31.2 Å². The lowest BCUT2D eigenvalue weighted by Crippen LogP contribution is -2.45. The number of likely N-dealkylation sites (tertiary alicyclic amines) is 1. The number of aliphatic hydroxyl groups is 1. The molecule has 10 nitrogen and oxygen atoms in total. The second-order valence-corrected chi connectivity index (χ2v) is 11.0. The first-order valence-electron chi connectivity index (χ1n) is 13.8. The maximum Gasteiger partial charge on any atom is 0.251 e. The lowest BCUT2D eigenvalue weighted by atomic mass is 9.90. The maximum atomic E-state index is 12.7. The predicted molar refractivity (Wildman–Crippen MR) is 151 cm³/mol. The number of anilines is 2. The van der Waals surface area contributed by atoms with Crippen molar-refractivity contribution in [3.63, 3.8) is 0 Å². The first kappa shape index (κ1) is 26.2. The fourth-order valence-electron chi connectivity index (χ4n) is 6.06. The van der Waals surface area contributed by atoms with Gasteiger partial charge in [-0.05, 0) is 56.0 Å². The average Bonchev–Trinajstić information content (AvgIpc) is 3.63. The van der Waals surface area contributed by atoms with Crippen molar-refractivity contribution >= 4 is 34.1 Å². The number of primary amides is 1. The van der Waals surface area contributed by atoms with Crippen LogP contribution in [0, 0.1) is 24.2 Å². The van der Waals surface area contributed by atoms with Crippen LogP contribution in [0.15, 0.2) is 40.3 Å². The number of amides is 1. The van der Waals surface area contributed by atoms with Gasteiger partial charge in [0.05, 0.1) is 34.8 Å². The molecule has 2 unspecified atom stereocenters. The summed E-state index contributed by atoms with van der Waals surface area (Å²) in [5.74, 6) is 0.564. The van der Waals surface area contributed by atoms with Gasteiger partial charge in [-0.25, -0.2) is 4.98 Å². The van der Waals surface area contributed by atoms with Gasteiger partial charge in [-0.15, -0.1) is 0 Å². The zero-order valence-electron chi connectivity index (χ0n) is 22.8. The van der Waals surface area contributed by atoms with Crippen LogP contribution in [-0.2, 0) is 9.53 Å². The molecule has 6 rings (SSSR count). The minimum atomic E-state index is -1.21. The van der Waals surface area contributed by atoms with Crippen molar-refractivity contribution in [3.05, 3.63) is 58.5 Å². The quantitative estimate of drug-likeness (QED) is 0.428. The van der Waals surface area contributed by atoms with Gasteiger partial charge in [0.25, 0.3) is 5.91 Å². The van der Waals surface area contributed by atoms with Gasteiger partial charge in [-0.3, -0.25) is 4.79 Å². The van der Waals surface area contributed by atoms with Gasteiger partial charge < -0.3 is 35.1 Å². The number of rotatable bonds is 6. The SMILES string of the molecule is Cc1ccc2oc(C3CCN(C4=C(C(N)=O)C(O)N(C)c5cc(NCC6CCOC6)c(C#N)cc54)CC3)nc2c1. The van der Waals surface area contributed by atoms with E-state index in [2.05, 4.69) is 16.3 Å². The molecule has 2 atom stereocenters. The van der Waals surface area contributed by atoms with Crippen LogP contribution in [0.1, 0.15) is 47.8 Å². The molecule has 2 aromatic carbocycles. The van der Waals surface area contributed by atoms with Gasteiger partial charge in [-0.2, -0.15) is 5.26 Å². The second kappa shape index (κ2) is 10.5. The number of hydrogen-bond acceptors (Lipinski definition) is 9. The third kappa shape index (κ3) is 4.65. The molecule has 1 aromatic heterocycles. The molecule has 1 amide bonds. The van der Waals surface area contributed by atoms with Crippen molar-refractivity contribution in [2.75, 3.05) is 50.1 Å². The molecule has 10 heteroatoms. The Morgan fingerprint density at radius 2 is 2.05 bits per heavy atom. The van der Waals surface area contributed by atoms with Crippen molar-refractivity contribution in [2.24, 2.45) is 11.7 Å². The molecule has 3 aliphatic heterocycles. The van der Waals surface area contributed by atoms with E-state index in [1.54, 1.807) is 18.0 Å². The Kier molecular flexibility index (Phi) is 6.86. The highest BCUT2D eigenvalue weighted by Crippen LogP contribution is 2.43. The Labute approximate surface area is 233 Å². The summed E-state index contributed by atoms with van der Waals surface area (Å²) in [4.78, 5) is 21.2. The highest BCUT2D eigenvalue weighted by molar-refractivity contribution is 6.04. The number of aromatic nitrogens is 1. The van der Waals surface area contributed by atoms with E-state index < -0.39 is 12.1 Å². The summed E-state index contributed by atoms with van der Waals surface area (Å²) in [6, 6.07) is 12.0. The number of aliphatic hydroxyl groups excluding tert-OH is 1. The van der Waals surface area contributed by atoms with Crippen molar-refractivity contribution in [2.45, 2.75) is 38.3 Å². The third-order valence-electron chi connectivity index (χ3n) is 8.36. The Morgan fingerprint density at radius 3 is 2.75 bits per heavy atom. The topological polar surface area (TPSA) is 141 Å². The van der Waals surface area contributed by atoms with E-state index in [9.17, 15) is 15.2 Å². The summed E-state index contributed by atoms with van der Waals surface area (Å²) in [6.45, 7) is 5.42. The number of carbonyl (C=O) groups excluding carboxylic acids is 1. The van der Waals surface area contributed by atoms with Gasteiger partial charge >= 0.3 is 0 Å². The summed E-state index contributed by atoms with van der Waals surface area (Å²) in [5.41, 5.74) is 11.9. The number of likely N-dealkylation sites (N-methyl/N-ethyl adjacent to an activating group) is 1. The number of carbonyl (C=O) groups is 1. The van der Waals surface area contributed by atoms with Gasteiger partial charge in [0, 0.05) is 50.7 Å². The summed E-state index contributed by atoms with van der Waals surface area (Å²) in [7, 11) is 1.73. The van der Waals surface area contributed by atoms with Crippen LogP contribution in [0.3, 0.4) is 0 Å². The molecular weight excluding hydrogens is 508 g/mol. The van der Waals surface area contributed by atoms with Crippen molar-refractivity contribution in [1.29, 1.82) is 5.26 Å². The zero-order chi connectivity index (χ0) is 28.0. The molecule has 2 saturated heterocycles. The van der Waals surface area contributed by atoms with Gasteiger partial charge in [0.2, 0.25) is 0 Å². The molecule has 208 valence electrons. The van der Waals surface area contributed by atoms with Crippen molar-refractivity contribution in [3.8, 4) is 6.07 Å². The number of nitriles is 1. The largest absolute Gasteiger partial charge is 0.440 e. The minimum Gasteiger partial charge on any atom is -0.440 e. The van der Waals surface area contributed by atoms with E-state index in [0.717, 1.165) is 54.1 Å². The second-order valence-electron chi connectivity index (χ2n) is 11.0. The van der Waals surface area contributed by atoms with Crippen LogP contribution in [0.2, 0.25) is 0 Å². The van der Waals surface area contributed by atoms with Crippen molar-refractivity contribution < 1.29 is 19.1 Å². The summed E-state index contributed by atoms with van der Waals surface area (Å²) < 4.78 is 11.6. The normalized spacial score (nSPS) is 21.6. The standard InChI is InChI=1S/C30H34N6O4/c1-17-3-4-25-23(11-17)34-29(40-25)19-5-8-36(9-6-19)27-21-12-20(14-31)22(33-15-18-7-10-39-16-18)13-24(21)35(2)30(38)26(27)28(32)37/h3-4,11-13,18-19,30,33,38H,5-10,15-16H2,1-2H3,(H2,32,37). The van der Waals surface area contributed by atoms with Crippen molar-refractivity contribution in [1.82, 2.24) is 9.88 Å². The molecule has 4 heterocycles. The smallest absolute Gasteiger partial charge is 0.251 e. The predicted octanol–water partition coefficient (Wildman–Crippen LogP) is 3.30. The third-order valence-corrected chi connectivity index (χ3v) is 8.36. The number of nitrogens with two attached hydrogens (primary N) is 1. The molecule has 2 fully saturated rings. The molecule has 0 spiro atoms. The van der Waals surface area contributed by atoms with Gasteiger partial charge in [0.1, 0.15) is 11.6 Å². The van der Waals surface area contributed by atoms with Crippen LogP contribution in [0.5, 0.6) is 0 Å². The van der Waals surface area contributed by atoms with Crippen LogP contribution in [0.25, 0.3) is 16.8 Å². The number of nitrogens with one attached hydrogen (secondary N) is 1. The molecular formula is C30H34N6O4. The number of hydrogen-bond donors (Lipinski definition) is 3. The fourth-order valence-corrected chi connectivity index (χ4v) is 6.06. The minimum absolute atomic E-state index is 0.137. The molecule has 3 aromatic rings. The molecule has 0 radical (unpaired) electrons. The van der Waals surface area contributed by atoms with E-state index in [1.165, 1.54) is 0 Å². The first-order chi connectivity index (χ1) is 19.3. The number of fused-ring (bicyclic) bond motifs is 2. The van der Waals surface area contributed by atoms with Gasteiger partial charge in [0.15, 0.2) is 17.7 Å². The molecule has 40 heavy (non-hydrogen) atoms. The van der Waals surface area contributed by atoms with E-state index >= 15 is 0 Å². The Balaban J connectivity index is 1.31. The number of piperidine rings is 1. The van der Waals surface area contributed by atoms with Crippen LogP contribution in [-0.4, -0.2) is 67.0 Å². The maximum absolute atomic E-state index is 12.7. The summed E-state index contributed by atoms with van der Waals surface area (Å²) >= 11 is 0. The lowest BCUT2D eigenvalue weighted by molar-refractivity contribution is -0.115. The summed E-state index contributed by atoms with van der Waals surface area (Å²) in [6.07, 6.45) is 1.29. The lowest BCUT2D eigenvalue weighted by Gasteiger charge is -2.42. The Hall–Kier alpha value is -4.07. The van der Waals surface area contributed by atoms with Crippen LogP contribution < -0.4 is 16.0 Å². The van der Waals surface area contributed by atoms with E-state index in [-0.39, 0.29) is 11.5 Å². The summed E-state index contributed by atoms with van der Waals surface area (Å²) in [5, 5.41) is 24.7. The number of aryl methyl sites for hydroxylation is 1. The molecule has 0 bridgehead atoms. The molecule has 3 aliphatic rings. The Bertz CT molecular complexity index is 1520. The zero-order valence-corrected chi connectivity index (χ0v) is 22.8. The van der Waals surface area contributed by atoms with Crippen LogP contribution >= 0.6 is 0 Å². The molecule has 0 saturated carbocycles.